The molecule has 0 aliphatic rings. The predicted octanol–water partition coefficient (Wildman–Crippen LogP) is 5.38. The van der Waals surface area contributed by atoms with E-state index >= 15 is 0 Å². The van der Waals surface area contributed by atoms with Gasteiger partial charge in [-0.25, -0.2) is 0 Å². The average molecular weight is 536 g/mol. The van der Waals surface area contributed by atoms with E-state index in [4.69, 9.17) is 19.9 Å². The minimum absolute atomic E-state index is 0.0179. The third-order valence-corrected chi connectivity index (χ3v) is 6.07. The van der Waals surface area contributed by atoms with Crippen LogP contribution in [0.1, 0.15) is 104 Å². The molecule has 0 aliphatic carbocycles. The van der Waals surface area contributed by atoms with Crippen molar-refractivity contribution in [2.24, 2.45) is 17.6 Å². The maximum Gasteiger partial charge on any atom is 0.321 e. The summed E-state index contributed by atoms with van der Waals surface area (Å²) < 4.78 is 16.5. The number of nitrogens with two attached hydrogens (primary N) is 1. The van der Waals surface area contributed by atoms with Crippen molar-refractivity contribution in [1.29, 1.82) is 0 Å². The average Bonchev–Trinajstić information content (AvgIpc) is 2.84. The molecule has 3 N–H and O–H groups in total. The lowest BCUT2D eigenvalue weighted by Crippen LogP contribution is -2.38. The number of esters is 3. The lowest BCUT2D eigenvalue weighted by molar-refractivity contribution is -0.149. The van der Waals surface area contributed by atoms with Gasteiger partial charge in [0, 0.05) is 25.2 Å². The number of carboxylic acids is 1. The van der Waals surface area contributed by atoms with Gasteiger partial charge in [0.1, 0.15) is 6.04 Å². The third-order valence-electron chi connectivity index (χ3n) is 6.07. The zero-order chi connectivity index (χ0) is 28.8. The van der Waals surface area contributed by atoms with Crippen LogP contribution >= 0.6 is 0 Å². The maximum atomic E-state index is 12.5. The molecule has 0 aromatic heterocycles. The number of benzene rings is 1. The van der Waals surface area contributed by atoms with E-state index in [9.17, 15) is 24.3 Å². The molecule has 0 aliphatic heterocycles. The highest BCUT2D eigenvalue weighted by atomic mass is 16.6. The number of carboxylic acid groups (broad SMARTS) is 1. The number of carbonyl (C=O) groups excluding carboxylic acids is 3. The first-order valence-electron chi connectivity index (χ1n) is 13.6. The number of aliphatic carboxylic acids is 1. The van der Waals surface area contributed by atoms with Crippen molar-refractivity contribution in [1.82, 2.24) is 0 Å². The Labute approximate surface area is 226 Å². The maximum absolute atomic E-state index is 12.5. The Hall–Kier alpha value is -2.94. The fourth-order valence-corrected chi connectivity index (χ4v) is 3.75. The highest BCUT2D eigenvalue weighted by molar-refractivity contribution is 5.77. The molecular formula is C29H45NO8. The van der Waals surface area contributed by atoms with Gasteiger partial charge in [0.25, 0.3) is 0 Å². The number of unbranched alkanes of at least 4 members (excludes halogenated alkanes) is 1. The molecule has 1 aromatic carbocycles. The topological polar surface area (TPSA) is 142 Å². The van der Waals surface area contributed by atoms with Crippen molar-refractivity contribution in [2.75, 3.05) is 0 Å². The Morgan fingerprint density at radius 2 is 1.39 bits per heavy atom. The molecule has 0 amide bonds. The zero-order valence-corrected chi connectivity index (χ0v) is 23.7. The quantitative estimate of drug-likeness (QED) is 0.199. The molecule has 214 valence electrons. The van der Waals surface area contributed by atoms with E-state index in [0.717, 1.165) is 6.42 Å². The molecule has 2 unspecified atom stereocenters. The van der Waals surface area contributed by atoms with Gasteiger partial charge in [-0.3, -0.25) is 19.2 Å². The van der Waals surface area contributed by atoms with Crippen LogP contribution in [-0.2, 0) is 23.9 Å². The van der Waals surface area contributed by atoms with Crippen molar-refractivity contribution >= 4 is 23.9 Å². The fourth-order valence-electron chi connectivity index (χ4n) is 3.75. The number of hydrogen-bond donors (Lipinski definition) is 2. The summed E-state index contributed by atoms with van der Waals surface area (Å²) in [5.74, 6) is -2.60. The number of hydrogen-bond acceptors (Lipinski definition) is 8. The smallest absolute Gasteiger partial charge is 0.321 e. The number of ether oxygens (including phenoxy) is 3. The Kier molecular flexibility index (Phi) is 14.6. The van der Waals surface area contributed by atoms with Gasteiger partial charge in [0.15, 0.2) is 11.5 Å². The van der Waals surface area contributed by atoms with Crippen LogP contribution in [-0.4, -0.2) is 41.1 Å². The third kappa shape index (κ3) is 12.5. The molecular weight excluding hydrogens is 490 g/mol. The Morgan fingerprint density at radius 3 is 1.89 bits per heavy atom. The Bertz CT molecular complexity index is 927. The molecule has 9 heteroatoms. The molecule has 38 heavy (non-hydrogen) atoms. The van der Waals surface area contributed by atoms with Gasteiger partial charge in [-0.1, -0.05) is 47.1 Å². The summed E-state index contributed by atoms with van der Waals surface area (Å²) in [7, 11) is 0. The summed E-state index contributed by atoms with van der Waals surface area (Å²) in [6, 6.07) is 3.25. The van der Waals surface area contributed by atoms with Crippen molar-refractivity contribution in [2.45, 2.75) is 111 Å². The molecule has 0 saturated heterocycles. The standard InChI is InChI=1S/C29H45NO8/c1-7-8-9-25(31)36-20(6)16-22(28(30)29(34)35)21-12-13-23(37-26(32)14-10-18(2)3)24(17-21)38-27(33)15-11-19(4)5/h12-13,17-20,22,28H,7-11,14-16,30H2,1-6H3,(H,34,35)/t20?,22?,28-/m0/s1. The van der Waals surface area contributed by atoms with Gasteiger partial charge in [-0.2, -0.15) is 0 Å². The van der Waals surface area contributed by atoms with Crippen molar-refractivity contribution in [3.05, 3.63) is 23.8 Å². The second kappa shape index (κ2) is 16.8. The van der Waals surface area contributed by atoms with E-state index in [1.54, 1.807) is 13.0 Å². The van der Waals surface area contributed by atoms with Crippen LogP contribution in [0.5, 0.6) is 11.5 Å². The normalized spacial score (nSPS) is 13.6. The monoisotopic (exact) mass is 535 g/mol. The summed E-state index contributed by atoms with van der Waals surface area (Å²) in [5, 5.41) is 9.65. The SMILES string of the molecule is CCCCC(=O)OC(C)CC(c1ccc(OC(=O)CCC(C)C)c(OC(=O)CCC(C)C)c1)[C@H](N)C(=O)O. The molecule has 0 radical (unpaired) electrons. The Balaban J connectivity index is 3.27. The van der Waals surface area contributed by atoms with Crippen LogP contribution in [0.2, 0.25) is 0 Å². The fraction of sp³-hybridized carbons (Fsp3) is 0.655. The van der Waals surface area contributed by atoms with E-state index in [-0.39, 0.29) is 43.2 Å². The molecule has 0 spiro atoms. The van der Waals surface area contributed by atoms with E-state index in [2.05, 4.69) is 0 Å². The summed E-state index contributed by atoms with van der Waals surface area (Å²) in [6.07, 6.45) is 3.01. The van der Waals surface area contributed by atoms with E-state index in [1.807, 2.05) is 34.6 Å². The van der Waals surface area contributed by atoms with Crippen molar-refractivity contribution in [3.8, 4) is 11.5 Å². The second-order valence-electron chi connectivity index (χ2n) is 10.6. The van der Waals surface area contributed by atoms with Gasteiger partial charge >= 0.3 is 23.9 Å². The largest absolute Gasteiger partial charge is 0.480 e. The molecule has 1 rings (SSSR count). The Morgan fingerprint density at radius 1 is 0.842 bits per heavy atom. The van der Waals surface area contributed by atoms with E-state index in [1.165, 1.54) is 12.1 Å². The van der Waals surface area contributed by atoms with Gasteiger partial charge in [-0.15, -0.1) is 0 Å². The predicted molar refractivity (Wildman–Crippen MR) is 144 cm³/mol. The molecule has 3 atom stereocenters. The highest BCUT2D eigenvalue weighted by Crippen LogP contribution is 2.35. The van der Waals surface area contributed by atoms with Crippen LogP contribution in [0.15, 0.2) is 18.2 Å². The van der Waals surface area contributed by atoms with Crippen molar-refractivity contribution < 1.29 is 38.5 Å². The summed E-state index contributed by atoms with van der Waals surface area (Å²) in [5.41, 5.74) is 6.50. The van der Waals surface area contributed by atoms with Crippen molar-refractivity contribution in [3.63, 3.8) is 0 Å². The summed E-state index contributed by atoms with van der Waals surface area (Å²) in [6.45, 7) is 11.6. The van der Waals surface area contributed by atoms with E-state index < -0.39 is 36.0 Å². The lowest BCUT2D eigenvalue weighted by Gasteiger charge is -2.25. The van der Waals surface area contributed by atoms with Crippen LogP contribution < -0.4 is 15.2 Å². The first kappa shape index (κ1) is 33.1. The summed E-state index contributed by atoms with van der Waals surface area (Å²) in [4.78, 5) is 48.8. The molecule has 0 bridgehead atoms. The second-order valence-corrected chi connectivity index (χ2v) is 10.6. The molecule has 0 saturated carbocycles. The molecule has 9 nitrogen and oxygen atoms in total. The number of carbonyl (C=O) groups is 4. The van der Waals surface area contributed by atoms with Gasteiger partial charge in [0.2, 0.25) is 0 Å². The van der Waals surface area contributed by atoms with E-state index in [0.29, 0.717) is 36.7 Å². The van der Waals surface area contributed by atoms with Crippen LogP contribution in [0.3, 0.4) is 0 Å². The van der Waals surface area contributed by atoms with Crippen LogP contribution in [0.25, 0.3) is 0 Å². The molecule has 1 aromatic rings. The lowest BCUT2D eigenvalue weighted by atomic mass is 9.87. The van der Waals surface area contributed by atoms with Crippen LogP contribution in [0.4, 0.5) is 0 Å². The first-order valence-corrected chi connectivity index (χ1v) is 13.6. The minimum atomic E-state index is -1.31. The van der Waals surface area contributed by atoms with Crippen LogP contribution in [0, 0.1) is 11.8 Å². The summed E-state index contributed by atoms with van der Waals surface area (Å²) >= 11 is 0. The van der Waals surface area contributed by atoms with Gasteiger partial charge < -0.3 is 25.1 Å². The molecule has 0 fully saturated rings. The van der Waals surface area contributed by atoms with Gasteiger partial charge in [0.05, 0.1) is 6.10 Å². The van der Waals surface area contributed by atoms with Gasteiger partial charge in [-0.05, 0) is 62.1 Å². The number of rotatable bonds is 17. The molecule has 0 heterocycles. The zero-order valence-electron chi connectivity index (χ0n) is 23.7. The minimum Gasteiger partial charge on any atom is -0.480 e. The highest BCUT2D eigenvalue weighted by Gasteiger charge is 2.30. The first-order chi connectivity index (χ1) is 17.8.